The van der Waals surface area contributed by atoms with Crippen molar-refractivity contribution in [3.05, 3.63) is 114 Å². The van der Waals surface area contributed by atoms with Crippen molar-refractivity contribution in [2.24, 2.45) is 0 Å². The maximum atomic E-state index is 14.4. The lowest BCUT2D eigenvalue weighted by Crippen LogP contribution is -2.46. The Morgan fingerprint density at radius 1 is 1.00 bits per heavy atom. The number of sulfonamides is 1. The number of hydrogen-bond donors (Lipinski definition) is 1. The molecule has 0 bridgehead atoms. The van der Waals surface area contributed by atoms with Crippen LogP contribution in [0.15, 0.2) is 95.1 Å². The van der Waals surface area contributed by atoms with E-state index in [1.165, 1.54) is 28.6 Å². The van der Waals surface area contributed by atoms with Crippen LogP contribution in [0.5, 0.6) is 0 Å². The summed E-state index contributed by atoms with van der Waals surface area (Å²) in [5.41, 5.74) is 3.68. The molecule has 200 valence electrons. The van der Waals surface area contributed by atoms with Crippen molar-refractivity contribution in [2.75, 3.05) is 17.7 Å². The summed E-state index contributed by atoms with van der Waals surface area (Å²) in [4.78, 5) is 12.4. The lowest BCUT2D eigenvalue weighted by Gasteiger charge is -2.32. The van der Waals surface area contributed by atoms with Gasteiger partial charge < -0.3 is 9.88 Å². The number of nitrogens with zero attached hydrogens (tertiary/aromatic N) is 4. The van der Waals surface area contributed by atoms with Crippen LogP contribution < -0.4 is 4.90 Å². The number of H-pyrrole nitrogens is 1. The Morgan fingerprint density at radius 3 is 2.38 bits per heavy atom. The fraction of sp³-hybridized carbons (Fsp3) is 0.214. The molecular weight excluding hydrogens is 534 g/mol. The number of nitrogens with one attached hydrogen (secondary N) is 1. The number of fused-ring (bicyclic) bond motifs is 1. The summed E-state index contributed by atoms with van der Waals surface area (Å²) in [6, 6.07) is 20.1. The highest BCUT2D eigenvalue weighted by molar-refractivity contribution is 7.93. The third-order valence-corrected chi connectivity index (χ3v) is 10.0. The smallest absolute Gasteiger partial charge is 0.245 e. The molecule has 1 atom stereocenters. The Balaban J connectivity index is 1.68. The van der Waals surface area contributed by atoms with E-state index < -0.39 is 25.9 Å². The molecule has 1 N–H and O–H groups in total. The van der Waals surface area contributed by atoms with E-state index in [1.807, 2.05) is 36.4 Å². The summed E-state index contributed by atoms with van der Waals surface area (Å²) >= 11 is 0. The van der Waals surface area contributed by atoms with Crippen LogP contribution in [0.1, 0.15) is 16.8 Å². The molecule has 3 aromatic carbocycles. The van der Waals surface area contributed by atoms with Gasteiger partial charge in [-0.2, -0.15) is 4.31 Å². The van der Waals surface area contributed by atoms with E-state index >= 15 is 0 Å². The van der Waals surface area contributed by atoms with Gasteiger partial charge in [-0.3, -0.25) is 0 Å². The van der Waals surface area contributed by atoms with Gasteiger partial charge in [0.2, 0.25) is 10.0 Å². The second-order valence-corrected chi connectivity index (χ2v) is 13.3. The Morgan fingerprint density at radius 2 is 1.72 bits per heavy atom. The minimum atomic E-state index is -4.29. The first-order valence-corrected chi connectivity index (χ1v) is 15.6. The van der Waals surface area contributed by atoms with Gasteiger partial charge in [0.25, 0.3) is 0 Å². The van der Waals surface area contributed by atoms with Crippen LogP contribution in [-0.4, -0.2) is 50.0 Å². The molecule has 0 unspecified atom stereocenters. The molecule has 0 aliphatic carbocycles. The van der Waals surface area contributed by atoms with E-state index in [2.05, 4.69) is 19.7 Å². The fourth-order valence-electron chi connectivity index (χ4n) is 4.97. The molecular formula is C28H27N5O4S2. The third-order valence-electron chi connectivity index (χ3n) is 6.76. The highest BCUT2D eigenvalue weighted by atomic mass is 32.2. The zero-order valence-corrected chi connectivity index (χ0v) is 22.9. The van der Waals surface area contributed by atoms with Gasteiger partial charge in [0, 0.05) is 37.3 Å². The Kier molecular flexibility index (Phi) is 7.27. The van der Waals surface area contributed by atoms with Crippen molar-refractivity contribution in [1.29, 1.82) is 0 Å². The lowest BCUT2D eigenvalue weighted by atomic mass is 10.1. The summed E-state index contributed by atoms with van der Waals surface area (Å²) in [5, 5.41) is 0. The molecule has 0 radical (unpaired) electrons. The van der Waals surface area contributed by atoms with E-state index in [0.717, 1.165) is 23.2 Å². The molecule has 4 aromatic rings. The van der Waals surface area contributed by atoms with Crippen molar-refractivity contribution in [3.63, 3.8) is 0 Å². The van der Waals surface area contributed by atoms with Crippen molar-refractivity contribution in [1.82, 2.24) is 14.3 Å². The van der Waals surface area contributed by atoms with E-state index in [1.54, 1.807) is 24.7 Å². The number of aromatic amines is 1. The van der Waals surface area contributed by atoms with E-state index in [4.69, 9.17) is 6.57 Å². The Bertz CT molecular complexity index is 1730. The first-order chi connectivity index (χ1) is 18.7. The molecule has 5 rings (SSSR count). The molecule has 1 aliphatic heterocycles. The molecule has 0 fully saturated rings. The van der Waals surface area contributed by atoms with Crippen molar-refractivity contribution in [2.45, 2.75) is 35.3 Å². The topological polar surface area (TPSA) is 108 Å². The van der Waals surface area contributed by atoms with Gasteiger partial charge >= 0.3 is 0 Å². The van der Waals surface area contributed by atoms with Gasteiger partial charge in [-0.05, 0) is 41.8 Å². The SMILES string of the molecule is [C-]#[N+]c1ccc2c(c1)CN(S(=O)(=O)c1ccccc1S(C)(=O)=O)[C@H](Cc1ccccc1)CN2Cc1cnc[nH]1. The van der Waals surface area contributed by atoms with Crippen LogP contribution in [0, 0.1) is 6.57 Å². The fourth-order valence-corrected chi connectivity index (χ4v) is 8.17. The number of anilines is 1. The number of imidazole rings is 1. The molecule has 9 nitrogen and oxygen atoms in total. The molecule has 2 heterocycles. The minimum absolute atomic E-state index is 0.0178. The molecule has 1 aliphatic rings. The van der Waals surface area contributed by atoms with Crippen molar-refractivity contribution >= 4 is 31.2 Å². The monoisotopic (exact) mass is 561 g/mol. The van der Waals surface area contributed by atoms with Crippen molar-refractivity contribution < 1.29 is 16.8 Å². The largest absolute Gasteiger partial charge is 0.364 e. The normalized spacial score (nSPS) is 16.3. The van der Waals surface area contributed by atoms with Crippen LogP contribution >= 0.6 is 0 Å². The van der Waals surface area contributed by atoms with Gasteiger partial charge in [-0.1, -0.05) is 48.5 Å². The number of aromatic nitrogens is 2. The van der Waals surface area contributed by atoms with Crippen LogP contribution in [0.2, 0.25) is 0 Å². The number of benzene rings is 3. The van der Waals surface area contributed by atoms with Gasteiger partial charge in [0.1, 0.15) is 4.90 Å². The van der Waals surface area contributed by atoms with Crippen molar-refractivity contribution in [3.8, 4) is 0 Å². The summed E-state index contributed by atoms with van der Waals surface area (Å²) in [6.45, 7) is 8.28. The molecule has 0 saturated carbocycles. The lowest BCUT2D eigenvalue weighted by molar-refractivity contribution is 0.317. The zero-order valence-electron chi connectivity index (χ0n) is 21.2. The Hall–Kier alpha value is -3.98. The summed E-state index contributed by atoms with van der Waals surface area (Å²) in [7, 11) is -8.11. The highest BCUT2D eigenvalue weighted by Gasteiger charge is 2.38. The predicted octanol–water partition coefficient (Wildman–Crippen LogP) is 4.19. The minimum Gasteiger partial charge on any atom is -0.364 e. The third kappa shape index (κ3) is 5.59. The zero-order chi connectivity index (χ0) is 27.6. The average molecular weight is 562 g/mol. The predicted molar refractivity (Wildman–Crippen MR) is 149 cm³/mol. The molecule has 0 amide bonds. The maximum absolute atomic E-state index is 14.4. The van der Waals surface area contributed by atoms with Crippen LogP contribution in [0.25, 0.3) is 4.85 Å². The number of rotatable bonds is 7. The second-order valence-electron chi connectivity index (χ2n) is 9.49. The number of hydrogen-bond acceptors (Lipinski definition) is 6. The van der Waals surface area contributed by atoms with Gasteiger partial charge in [-0.15, -0.1) is 0 Å². The quantitative estimate of drug-likeness (QED) is 0.339. The van der Waals surface area contributed by atoms with Gasteiger partial charge in [-0.25, -0.2) is 26.7 Å². The molecule has 39 heavy (non-hydrogen) atoms. The van der Waals surface area contributed by atoms with E-state index in [-0.39, 0.29) is 16.3 Å². The Labute approximate surface area is 228 Å². The first-order valence-electron chi connectivity index (χ1n) is 12.2. The summed E-state index contributed by atoms with van der Waals surface area (Å²) < 4.78 is 55.3. The van der Waals surface area contributed by atoms with Gasteiger partial charge in [0.15, 0.2) is 15.5 Å². The molecule has 0 spiro atoms. The second kappa shape index (κ2) is 10.6. The molecule has 11 heteroatoms. The van der Waals surface area contributed by atoms with Gasteiger partial charge in [0.05, 0.1) is 30.0 Å². The van der Waals surface area contributed by atoms with Crippen LogP contribution in [-0.2, 0) is 39.4 Å². The van der Waals surface area contributed by atoms with E-state index in [0.29, 0.717) is 30.8 Å². The molecule has 1 aromatic heterocycles. The van der Waals surface area contributed by atoms with E-state index in [9.17, 15) is 16.8 Å². The highest BCUT2D eigenvalue weighted by Crippen LogP contribution is 2.36. The maximum Gasteiger partial charge on any atom is 0.245 e. The van der Waals surface area contributed by atoms with Crippen LogP contribution in [0.3, 0.4) is 0 Å². The molecule has 0 saturated heterocycles. The number of sulfone groups is 1. The van der Waals surface area contributed by atoms with Crippen LogP contribution in [0.4, 0.5) is 11.4 Å². The first kappa shape index (κ1) is 26.6. The summed E-state index contributed by atoms with van der Waals surface area (Å²) in [6.07, 6.45) is 4.73. The standard InChI is InChI=1S/C28H27N5O4S2/c1-29-23-12-13-26-22(15-23)17-33(39(36,37)28-11-7-6-10-27(28)38(2,34)35)25(14-21-8-4-3-5-9-21)19-32(26)18-24-16-30-20-31-24/h3-13,15-16,20,25H,14,17-19H2,2H3,(H,30,31)/t25-/m1/s1. The average Bonchev–Trinajstić information content (AvgIpc) is 3.38. The summed E-state index contributed by atoms with van der Waals surface area (Å²) in [5.74, 6) is 0.